The lowest BCUT2D eigenvalue weighted by Crippen LogP contribution is -2.25. The fourth-order valence-corrected chi connectivity index (χ4v) is 5.09. The highest BCUT2D eigenvalue weighted by Crippen LogP contribution is 2.61. The molecule has 2 aromatic heterocycles. The minimum absolute atomic E-state index is 0.334. The summed E-state index contributed by atoms with van der Waals surface area (Å²) in [5.74, 6) is 0. The van der Waals surface area contributed by atoms with E-state index in [1.807, 2.05) is 18.3 Å². The van der Waals surface area contributed by atoms with E-state index in [0.717, 1.165) is 16.0 Å². The maximum absolute atomic E-state index is 4.81. The molecule has 0 radical (unpaired) electrons. The Morgan fingerprint density at radius 2 is 1.23 bits per heavy atom. The molecular weight excluding hydrogens is 384 g/mol. The van der Waals surface area contributed by atoms with Gasteiger partial charge in [-0.15, -0.1) is 0 Å². The van der Waals surface area contributed by atoms with Gasteiger partial charge in [-0.1, -0.05) is 60.7 Å². The highest BCUT2D eigenvalue weighted by Gasteiger charge is 2.52. The number of aromatic nitrogens is 2. The van der Waals surface area contributed by atoms with E-state index in [-0.39, 0.29) is 5.41 Å². The molecule has 0 aliphatic heterocycles. The third-order valence-corrected chi connectivity index (χ3v) is 6.10. The van der Waals surface area contributed by atoms with Crippen LogP contribution in [0.4, 0.5) is 0 Å². The highest BCUT2D eigenvalue weighted by molar-refractivity contribution is 9.10. The van der Waals surface area contributed by atoms with Crippen LogP contribution < -0.4 is 0 Å². The van der Waals surface area contributed by atoms with Gasteiger partial charge in [0, 0.05) is 6.20 Å². The Hall–Kier alpha value is -2.78. The molecule has 0 N–H and O–H groups in total. The molecule has 2 aliphatic rings. The van der Waals surface area contributed by atoms with Crippen molar-refractivity contribution in [2.45, 2.75) is 5.41 Å². The second-order valence-corrected chi connectivity index (χ2v) is 7.58. The first-order valence-electron chi connectivity index (χ1n) is 8.64. The lowest BCUT2D eigenvalue weighted by molar-refractivity contribution is 0.789. The number of benzene rings is 2. The molecule has 4 aromatic rings. The molecule has 1 spiro atoms. The Bertz CT molecular complexity index is 1170. The van der Waals surface area contributed by atoms with Gasteiger partial charge in [-0.25, -0.2) is 4.98 Å². The van der Waals surface area contributed by atoms with E-state index in [0.29, 0.717) is 0 Å². The van der Waals surface area contributed by atoms with Gasteiger partial charge in [0.05, 0.1) is 16.8 Å². The molecule has 6 rings (SSSR count). The maximum Gasteiger partial charge on any atom is 0.106 e. The zero-order valence-electron chi connectivity index (χ0n) is 13.8. The van der Waals surface area contributed by atoms with Crippen LogP contribution in [0.3, 0.4) is 0 Å². The molecule has 0 atom stereocenters. The van der Waals surface area contributed by atoms with E-state index in [1.54, 1.807) is 0 Å². The molecule has 2 aromatic carbocycles. The van der Waals surface area contributed by atoms with Crippen molar-refractivity contribution in [1.29, 1.82) is 0 Å². The van der Waals surface area contributed by atoms with Crippen molar-refractivity contribution < 1.29 is 0 Å². The van der Waals surface area contributed by atoms with E-state index < -0.39 is 0 Å². The fraction of sp³-hybridized carbons (Fsp3) is 0.0435. The summed E-state index contributed by atoms with van der Waals surface area (Å²) >= 11 is 3.54. The predicted octanol–water partition coefficient (Wildman–Crippen LogP) is 5.58. The molecule has 2 nitrogen and oxygen atoms in total. The van der Waals surface area contributed by atoms with Gasteiger partial charge in [-0.3, -0.25) is 4.98 Å². The van der Waals surface area contributed by atoms with Gasteiger partial charge >= 0.3 is 0 Å². The Morgan fingerprint density at radius 3 is 1.96 bits per heavy atom. The Morgan fingerprint density at radius 1 is 0.615 bits per heavy atom. The van der Waals surface area contributed by atoms with Gasteiger partial charge in [0.2, 0.25) is 0 Å². The summed E-state index contributed by atoms with van der Waals surface area (Å²) in [6, 6.07) is 25.9. The summed E-state index contributed by atoms with van der Waals surface area (Å²) in [7, 11) is 0. The van der Waals surface area contributed by atoms with Crippen molar-refractivity contribution in [3.63, 3.8) is 0 Å². The number of halogens is 1. The average Bonchev–Trinajstić information content (AvgIpc) is 3.15. The maximum atomic E-state index is 4.81. The first-order chi connectivity index (χ1) is 12.8. The topological polar surface area (TPSA) is 25.8 Å². The number of rotatable bonds is 0. The van der Waals surface area contributed by atoms with Crippen LogP contribution in [0, 0.1) is 0 Å². The summed E-state index contributed by atoms with van der Waals surface area (Å²) in [6.45, 7) is 0. The standard InChI is InChI=1S/C23H13BrN2/c24-20-12-11-19-22(26-20)21-18(10-5-13-25-21)23(19)16-8-3-1-6-14(16)15-7-2-4-9-17(15)23/h1-13H. The van der Waals surface area contributed by atoms with Gasteiger partial charge in [0.15, 0.2) is 0 Å². The zero-order chi connectivity index (χ0) is 17.3. The third-order valence-electron chi connectivity index (χ3n) is 5.65. The van der Waals surface area contributed by atoms with Crippen LogP contribution in [0.2, 0.25) is 0 Å². The van der Waals surface area contributed by atoms with Gasteiger partial charge in [-0.05, 0) is 61.4 Å². The second-order valence-electron chi connectivity index (χ2n) is 6.77. The van der Waals surface area contributed by atoms with Crippen molar-refractivity contribution in [1.82, 2.24) is 9.97 Å². The van der Waals surface area contributed by atoms with Crippen molar-refractivity contribution in [2.24, 2.45) is 0 Å². The number of hydrogen-bond donors (Lipinski definition) is 0. The van der Waals surface area contributed by atoms with Gasteiger partial charge in [-0.2, -0.15) is 0 Å². The molecule has 0 amide bonds. The molecular formula is C23H13BrN2. The summed E-state index contributed by atoms with van der Waals surface area (Å²) in [5.41, 5.74) is 9.29. The SMILES string of the molecule is Brc1ccc2c(n1)-c1ncccc1C21c2ccccc2-c2ccccc21. The summed E-state index contributed by atoms with van der Waals surface area (Å²) < 4.78 is 0.837. The largest absolute Gasteiger partial charge is 0.254 e. The van der Waals surface area contributed by atoms with Crippen molar-refractivity contribution in [2.75, 3.05) is 0 Å². The van der Waals surface area contributed by atoms with E-state index in [9.17, 15) is 0 Å². The number of fused-ring (bicyclic) bond motifs is 10. The molecule has 0 saturated heterocycles. The van der Waals surface area contributed by atoms with E-state index in [4.69, 9.17) is 9.97 Å². The molecule has 0 unspecified atom stereocenters. The quantitative estimate of drug-likeness (QED) is 0.313. The Labute approximate surface area is 159 Å². The lowest BCUT2D eigenvalue weighted by Gasteiger charge is -2.29. The smallest absolute Gasteiger partial charge is 0.106 e. The first-order valence-corrected chi connectivity index (χ1v) is 9.43. The second kappa shape index (κ2) is 4.89. The average molecular weight is 397 g/mol. The molecule has 2 aliphatic carbocycles. The minimum Gasteiger partial charge on any atom is -0.254 e. The fourth-order valence-electron chi connectivity index (χ4n) is 4.78. The summed E-state index contributed by atoms with van der Waals surface area (Å²) in [6.07, 6.45) is 1.86. The summed E-state index contributed by atoms with van der Waals surface area (Å²) in [4.78, 5) is 9.54. The highest BCUT2D eigenvalue weighted by atomic mass is 79.9. The molecule has 0 bridgehead atoms. The third kappa shape index (κ3) is 1.53. The van der Waals surface area contributed by atoms with Gasteiger partial charge in [0.25, 0.3) is 0 Å². The monoisotopic (exact) mass is 396 g/mol. The van der Waals surface area contributed by atoms with Crippen molar-refractivity contribution >= 4 is 15.9 Å². The van der Waals surface area contributed by atoms with E-state index >= 15 is 0 Å². The molecule has 0 saturated carbocycles. The van der Waals surface area contributed by atoms with Crippen molar-refractivity contribution in [3.05, 3.63) is 106 Å². The minimum atomic E-state index is -0.334. The van der Waals surface area contributed by atoms with Gasteiger partial charge < -0.3 is 0 Å². The molecule has 0 fully saturated rings. The predicted molar refractivity (Wildman–Crippen MR) is 106 cm³/mol. The molecule has 2 heterocycles. The van der Waals surface area contributed by atoms with Crippen LogP contribution in [0.5, 0.6) is 0 Å². The Kier molecular flexibility index (Phi) is 2.71. The van der Waals surface area contributed by atoms with E-state index in [1.165, 1.54) is 33.4 Å². The van der Waals surface area contributed by atoms with Crippen molar-refractivity contribution in [3.8, 4) is 22.5 Å². The van der Waals surface area contributed by atoms with Crippen LogP contribution in [0.1, 0.15) is 22.3 Å². The zero-order valence-corrected chi connectivity index (χ0v) is 15.4. The molecule has 3 heteroatoms. The van der Waals surface area contributed by atoms with E-state index in [2.05, 4.69) is 76.6 Å². The van der Waals surface area contributed by atoms with Crippen LogP contribution in [0.25, 0.3) is 22.5 Å². The van der Waals surface area contributed by atoms with Gasteiger partial charge in [0.1, 0.15) is 4.60 Å². The van der Waals surface area contributed by atoms with Crippen LogP contribution in [-0.4, -0.2) is 9.97 Å². The number of hydrogen-bond acceptors (Lipinski definition) is 2. The number of pyridine rings is 2. The molecule has 26 heavy (non-hydrogen) atoms. The molecule has 122 valence electrons. The van der Waals surface area contributed by atoms with Crippen LogP contribution in [0.15, 0.2) is 83.6 Å². The first kappa shape index (κ1) is 14.4. The number of nitrogens with zero attached hydrogens (tertiary/aromatic N) is 2. The summed E-state index contributed by atoms with van der Waals surface area (Å²) in [5, 5.41) is 0. The Balaban J connectivity index is 1.87. The lowest BCUT2D eigenvalue weighted by atomic mass is 9.71. The normalized spacial score (nSPS) is 14.7. The van der Waals surface area contributed by atoms with Crippen LogP contribution in [-0.2, 0) is 5.41 Å². The van der Waals surface area contributed by atoms with Crippen LogP contribution >= 0.6 is 15.9 Å².